The molecular weight excluding hydrogens is 851 g/mol. The minimum absolute atomic E-state index is 0.00414. The van der Waals surface area contributed by atoms with Crippen LogP contribution in [0.15, 0.2) is 90.1 Å². The number of nitrogens with one attached hydrogen (secondary N) is 6. The van der Waals surface area contributed by atoms with Gasteiger partial charge in [0.15, 0.2) is 5.96 Å². The number of nitrogens with two attached hydrogens (primary N) is 4. The number of para-hydroxylation sites is 1. The van der Waals surface area contributed by atoms with Crippen molar-refractivity contribution in [1.29, 1.82) is 0 Å². The second-order valence-corrected chi connectivity index (χ2v) is 17.0. The fourth-order valence-electron chi connectivity index (χ4n) is 7.07. The second kappa shape index (κ2) is 25.6. The molecule has 18 nitrogen and oxygen atoms in total. The first-order valence-corrected chi connectivity index (χ1v) is 23.0. The molecule has 7 atom stereocenters. The molecule has 0 radical (unpaired) electrons. The number of phenolic OH excluding ortho intramolecular Hbond substituents is 1. The van der Waals surface area contributed by atoms with Gasteiger partial charge >= 0.3 is 0 Å². The molecule has 1 heterocycles. The summed E-state index contributed by atoms with van der Waals surface area (Å²) < 4.78 is 0. The van der Waals surface area contributed by atoms with Crippen LogP contribution in [-0.2, 0) is 48.0 Å². The van der Waals surface area contributed by atoms with E-state index in [4.69, 9.17) is 22.9 Å². The number of rotatable bonds is 26. The highest BCUT2D eigenvalue weighted by atomic mass is 32.2. The van der Waals surface area contributed by atoms with Gasteiger partial charge in [-0.3, -0.25) is 33.8 Å². The summed E-state index contributed by atoms with van der Waals surface area (Å²) in [6, 6.07) is 15.8. The van der Waals surface area contributed by atoms with Gasteiger partial charge in [0.05, 0.1) is 6.04 Å². The number of hydrogen-bond donors (Lipinski definition) is 11. The Kier molecular flexibility index (Phi) is 20.1. The number of phenols is 1. The van der Waals surface area contributed by atoms with E-state index in [0.717, 1.165) is 22.0 Å². The van der Waals surface area contributed by atoms with Crippen LogP contribution in [0.25, 0.3) is 10.9 Å². The van der Waals surface area contributed by atoms with Crippen LogP contribution in [0.3, 0.4) is 0 Å². The summed E-state index contributed by atoms with van der Waals surface area (Å²) in [5, 5.41) is 24.7. The SMILES string of the molecule is CC[C@H](C)[C@H](NC(=O)[C@H](Cc1c[nH]c2ccccc12)NC(=O)[C@@H](N)CCCN=C(N)N)C(=O)N[C@@H](CCSC)C(=O)N[C@@H](Cc1ccc(O)cc1)C(=O)N[C@@H](Cc1ccccc1)C(N)=O. The lowest BCUT2D eigenvalue weighted by atomic mass is 9.96. The number of aromatic hydroxyl groups is 1. The highest BCUT2D eigenvalue weighted by Crippen LogP contribution is 2.20. The first kappa shape index (κ1) is 51.0. The van der Waals surface area contributed by atoms with Gasteiger partial charge in [-0.15, -0.1) is 0 Å². The predicted molar refractivity (Wildman–Crippen MR) is 253 cm³/mol. The molecule has 0 aliphatic carbocycles. The van der Waals surface area contributed by atoms with E-state index in [2.05, 4.69) is 36.6 Å². The molecule has 350 valence electrons. The number of carbonyl (C=O) groups is 6. The fourth-order valence-corrected chi connectivity index (χ4v) is 7.55. The molecule has 0 unspecified atom stereocenters. The molecule has 0 saturated carbocycles. The molecule has 0 aliphatic rings. The summed E-state index contributed by atoms with van der Waals surface area (Å²) >= 11 is 1.44. The first-order chi connectivity index (χ1) is 31.1. The summed E-state index contributed by atoms with van der Waals surface area (Å²) in [5.41, 5.74) is 25.7. The summed E-state index contributed by atoms with van der Waals surface area (Å²) in [5.74, 6) is -4.10. The molecule has 3 aromatic carbocycles. The number of H-pyrrole nitrogens is 1. The molecule has 6 amide bonds. The van der Waals surface area contributed by atoms with Gasteiger partial charge in [-0.2, -0.15) is 11.8 Å². The van der Waals surface area contributed by atoms with Crippen LogP contribution < -0.4 is 49.5 Å². The molecule has 65 heavy (non-hydrogen) atoms. The lowest BCUT2D eigenvalue weighted by Crippen LogP contribution is -2.61. The van der Waals surface area contributed by atoms with Gasteiger partial charge in [-0.05, 0) is 72.1 Å². The van der Waals surface area contributed by atoms with E-state index >= 15 is 0 Å². The van der Waals surface area contributed by atoms with Crippen LogP contribution in [0.1, 0.15) is 56.2 Å². The van der Waals surface area contributed by atoms with Gasteiger partial charge in [0.2, 0.25) is 35.4 Å². The zero-order valence-electron chi connectivity index (χ0n) is 37.0. The van der Waals surface area contributed by atoms with Gasteiger partial charge in [0.25, 0.3) is 0 Å². The molecule has 0 spiro atoms. The Balaban J connectivity index is 1.57. The number of aromatic nitrogens is 1. The van der Waals surface area contributed by atoms with Gasteiger partial charge < -0.3 is 59.6 Å². The Bertz CT molecular complexity index is 2230. The Morgan fingerprint density at radius 1 is 0.692 bits per heavy atom. The number of nitrogens with zero attached hydrogens (tertiary/aromatic N) is 1. The van der Waals surface area contributed by atoms with Crippen molar-refractivity contribution < 1.29 is 33.9 Å². The molecule has 4 aromatic rings. The van der Waals surface area contributed by atoms with Crippen molar-refractivity contribution in [3.05, 3.63) is 102 Å². The van der Waals surface area contributed by atoms with Crippen molar-refractivity contribution in [3.8, 4) is 5.75 Å². The predicted octanol–water partition coefficient (Wildman–Crippen LogP) is 0.991. The molecular formula is C46H63N11O7S. The third-order valence-corrected chi connectivity index (χ3v) is 11.7. The highest BCUT2D eigenvalue weighted by Gasteiger charge is 2.35. The minimum atomic E-state index is -1.24. The fraction of sp³-hybridized carbons (Fsp3) is 0.413. The first-order valence-electron chi connectivity index (χ1n) is 21.6. The number of carbonyl (C=O) groups excluding carboxylic acids is 6. The summed E-state index contributed by atoms with van der Waals surface area (Å²) in [4.78, 5) is 89.9. The maximum Gasteiger partial charge on any atom is 0.243 e. The second-order valence-electron chi connectivity index (χ2n) is 16.0. The monoisotopic (exact) mass is 913 g/mol. The zero-order chi connectivity index (χ0) is 47.5. The van der Waals surface area contributed by atoms with Crippen LogP contribution in [0.5, 0.6) is 5.75 Å². The lowest BCUT2D eigenvalue weighted by molar-refractivity contribution is -0.135. The molecule has 19 heteroatoms. The van der Waals surface area contributed by atoms with E-state index in [1.165, 1.54) is 23.9 Å². The Labute approximate surface area is 383 Å². The van der Waals surface area contributed by atoms with E-state index in [1.807, 2.05) is 43.5 Å². The largest absolute Gasteiger partial charge is 0.508 e. The average molecular weight is 914 g/mol. The third-order valence-electron chi connectivity index (χ3n) is 11.0. The van der Waals surface area contributed by atoms with Crippen molar-refractivity contribution >= 4 is 64.1 Å². The smallest absolute Gasteiger partial charge is 0.243 e. The molecule has 0 aliphatic heterocycles. The molecule has 0 saturated heterocycles. The third kappa shape index (κ3) is 16.2. The van der Waals surface area contributed by atoms with E-state index in [9.17, 15) is 33.9 Å². The van der Waals surface area contributed by atoms with Crippen molar-refractivity contribution in [2.45, 2.75) is 95.0 Å². The zero-order valence-corrected chi connectivity index (χ0v) is 37.9. The van der Waals surface area contributed by atoms with Crippen molar-refractivity contribution in [2.75, 3.05) is 18.6 Å². The maximum atomic E-state index is 14.3. The average Bonchev–Trinajstić information content (AvgIpc) is 3.70. The maximum absolute atomic E-state index is 14.3. The van der Waals surface area contributed by atoms with E-state index in [1.54, 1.807) is 49.5 Å². The topological polar surface area (TPSA) is 315 Å². The number of benzene rings is 3. The number of aromatic amines is 1. The van der Waals surface area contributed by atoms with Crippen molar-refractivity contribution in [3.63, 3.8) is 0 Å². The van der Waals surface area contributed by atoms with Crippen molar-refractivity contribution in [1.82, 2.24) is 31.6 Å². The minimum Gasteiger partial charge on any atom is -0.508 e. The standard InChI is InChI=1S/C46H63N11O7S/c1-4-27(2)39(57-44(63)38(25-30-26-52-34-15-9-8-13-32(30)34)55-41(60)33(47)14-10-21-51-46(49)50)45(64)53-35(20-22-65-3)42(61)56-37(24-29-16-18-31(58)19-17-29)43(62)54-36(40(48)59)23-28-11-6-5-7-12-28/h5-9,11-13,15-19,26-27,33,35-39,52,58H,4,10,14,20-25,47H2,1-3H3,(H2,48,59)(H,53,64)(H,54,62)(H,55,60)(H,56,61)(H,57,63)(H4,49,50,51)/t27-,33-,35-,36-,37-,38-,39-/m0/s1. The van der Waals surface area contributed by atoms with Crippen LogP contribution in [0.2, 0.25) is 0 Å². The summed E-state index contributed by atoms with van der Waals surface area (Å²) in [6.07, 6.45) is 4.99. The normalized spacial score (nSPS) is 14.3. The Morgan fingerprint density at radius 3 is 1.92 bits per heavy atom. The van der Waals surface area contributed by atoms with E-state index < -0.39 is 77.6 Å². The van der Waals surface area contributed by atoms with Gasteiger partial charge in [-0.25, -0.2) is 0 Å². The number of thioether (sulfide) groups is 1. The van der Waals surface area contributed by atoms with Crippen LogP contribution in [0.4, 0.5) is 0 Å². The summed E-state index contributed by atoms with van der Waals surface area (Å²) in [6.45, 7) is 3.90. The number of aliphatic imine (C=N–C) groups is 1. The molecule has 15 N–H and O–H groups in total. The number of hydrogen-bond acceptors (Lipinski definition) is 10. The van der Waals surface area contributed by atoms with Gasteiger partial charge in [0.1, 0.15) is 36.0 Å². The molecule has 0 fully saturated rings. The molecule has 0 bridgehead atoms. The van der Waals surface area contributed by atoms with Gasteiger partial charge in [-0.1, -0.05) is 80.9 Å². The van der Waals surface area contributed by atoms with Crippen molar-refractivity contribution in [2.24, 2.45) is 33.8 Å². The van der Waals surface area contributed by atoms with E-state index in [0.29, 0.717) is 24.2 Å². The van der Waals surface area contributed by atoms with E-state index in [-0.39, 0.29) is 50.4 Å². The Morgan fingerprint density at radius 2 is 1.26 bits per heavy atom. The number of primary amides is 1. The molecule has 1 aromatic heterocycles. The van der Waals surface area contributed by atoms with Crippen LogP contribution >= 0.6 is 11.8 Å². The summed E-state index contributed by atoms with van der Waals surface area (Å²) in [7, 11) is 0. The van der Waals surface area contributed by atoms with Crippen LogP contribution in [-0.4, -0.2) is 106 Å². The molecule has 4 rings (SSSR count). The van der Waals surface area contributed by atoms with Crippen LogP contribution in [0, 0.1) is 5.92 Å². The van der Waals surface area contributed by atoms with Gasteiger partial charge in [0, 0.05) is 42.9 Å². The Hall–Kier alpha value is -6.60. The lowest BCUT2D eigenvalue weighted by Gasteiger charge is -2.29. The number of amides is 6. The number of fused-ring (bicyclic) bond motifs is 1. The quantitative estimate of drug-likeness (QED) is 0.0240. The number of guanidine groups is 1. The highest BCUT2D eigenvalue weighted by molar-refractivity contribution is 7.98.